The normalized spacial score (nSPS) is 11.4. The molecule has 0 atom stereocenters. The Morgan fingerprint density at radius 3 is 2.41 bits per heavy atom. The van der Waals surface area contributed by atoms with Crippen LogP contribution in [0.4, 0.5) is 0 Å². The second-order valence-corrected chi connectivity index (χ2v) is 7.43. The molecule has 0 spiro atoms. The number of fused-ring (bicyclic) bond motifs is 1. The van der Waals surface area contributed by atoms with Gasteiger partial charge in [0.1, 0.15) is 4.08 Å². The quantitative estimate of drug-likeness (QED) is 0.600. The highest BCUT2D eigenvalue weighted by Crippen LogP contribution is 2.46. The van der Waals surface area contributed by atoms with E-state index >= 15 is 0 Å². The summed E-state index contributed by atoms with van der Waals surface area (Å²) in [6, 6.07) is 15.3. The van der Waals surface area contributed by atoms with Crippen molar-refractivity contribution in [1.82, 2.24) is 9.55 Å². The zero-order chi connectivity index (χ0) is 14.7. The van der Waals surface area contributed by atoms with E-state index in [1.807, 2.05) is 42.2 Å². The molecule has 0 N–H and O–H groups in total. The first-order valence-corrected chi connectivity index (χ1v) is 9.28. The Morgan fingerprint density at radius 2 is 1.77 bits per heavy atom. The van der Waals surface area contributed by atoms with E-state index in [0.717, 1.165) is 6.54 Å². The fourth-order valence-corrected chi connectivity index (χ4v) is 4.53. The van der Waals surface area contributed by atoms with E-state index in [1.165, 1.54) is 16.3 Å². The van der Waals surface area contributed by atoms with Crippen molar-refractivity contribution in [2.75, 3.05) is 12.5 Å². The average Bonchev–Trinajstić information content (AvgIpc) is 3.05. The molecule has 5 heteroatoms. The Bertz CT molecular complexity index is 724. The van der Waals surface area contributed by atoms with E-state index < -0.39 is 0 Å². The van der Waals surface area contributed by atoms with Gasteiger partial charge in [0.05, 0.1) is 12.9 Å². The lowest BCUT2D eigenvalue weighted by Gasteiger charge is -2.31. The third-order valence-corrected chi connectivity index (χ3v) is 6.85. The van der Waals surface area contributed by atoms with Crippen LogP contribution >= 0.6 is 35.9 Å². The van der Waals surface area contributed by atoms with Crippen LogP contribution in [0.25, 0.3) is 10.8 Å². The van der Waals surface area contributed by atoms with Gasteiger partial charge in [-0.1, -0.05) is 36.4 Å². The predicted octanol–water partition coefficient (Wildman–Crippen LogP) is 5.04. The van der Waals surface area contributed by atoms with E-state index in [-0.39, 0.29) is 16.5 Å². The lowest BCUT2D eigenvalue weighted by atomic mass is 10.0. The summed E-state index contributed by atoms with van der Waals surface area (Å²) in [4.78, 5) is 4.16. The van der Waals surface area contributed by atoms with Crippen molar-refractivity contribution in [2.45, 2.75) is 10.6 Å². The fourth-order valence-electron chi connectivity index (χ4n) is 2.59. The van der Waals surface area contributed by atoms with Crippen LogP contribution in [-0.4, -0.2) is 22.1 Å². The zero-order valence-electron chi connectivity index (χ0n) is 12.6. The number of aromatic nitrogens is 2. The molecule has 3 rings (SSSR count). The molecule has 0 aliphatic heterocycles. The number of rotatable bonds is 5. The molecule has 0 unspecified atom stereocenters. The van der Waals surface area contributed by atoms with E-state index in [1.54, 1.807) is 0 Å². The summed E-state index contributed by atoms with van der Waals surface area (Å²) in [5.41, 5.74) is 1.36. The summed E-state index contributed by atoms with van der Waals surface area (Å²) in [6.45, 7) is 0.910. The predicted molar refractivity (Wildman–Crippen MR) is 102 cm³/mol. The molecule has 0 aliphatic carbocycles. The van der Waals surface area contributed by atoms with Crippen LogP contribution in [0.1, 0.15) is 5.56 Å². The number of benzene rings is 2. The van der Waals surface area contributed by atoms with Crippen molar-refractivity contribution >= 4 is 46.7 Å². The van der Waals surface area contributed by atoms with Crippen molar-refractivity contribution in [3.05, 3.63) is 66.7 Å². The molecular formula is C17H19ClN2S2. The highest BCUT2D eigenvalue weighted by molar-refractivity contribution is 8.16. The third kappa shape index (κ3) is 3.29. The van der Waals surface area contributed by atoms with Crippen LogP contribution in [0.3, 0.4) is 0 Å². The molecular weight excluding hydrogens is 332 g/mol. The van der Waals surface area contributed by atoms with Gasteiger partial charge in [-0.15, -0.1) is 35.9 Å². The van der Waals surface area contributed by atoms with E-state index in [0.29, 0.717) is 0 Å². The second kappa shape index (κ2) is 7.44. The van der Waals surface area contributed by atoms with E-state index in [2.05, 4.69) is 64.5 Å². The van der Waals surface area contributed by atoms with Crippen LogP contribution in [-0.2, 0) is 10.6 Å². The molecule has 2 aromatic carbocycles. The molecule has 0 saturated carbocycles. The fraction of sp³-hybridized carbons (Fsp3) is 0.235. The van der Waals surface area contributed by atoms with Gasteiger partial charge in [-0.25, -0.2) is 4.98 Å². The minimum atomic E-state index is 0. The summed E-state index contributed by atoms with van der Waals surface area (Å²) in [7, 11) is 0. The number of halogens is 1. The van der Waals surface area contributed by atoms with E-state index in [4.69, 9.17) is 0 Å². The van der Waals surface area contributed by atoms with Gasteiger partial charge in [-0.05, 0) is 34.9 Å². The second-order valence-electron chi connectivity index (χ2n) is 4.96. The van der Waals surface area contributed by atoms with Crippen molar-refractivity contribution < 1.29 is 0 Å². The standard InChI is InChI=1S/C17H18N2S2.ClH/c1-20-17(21-2,12-19-10-9-18-13-19)16-8-7-14-5-3-4-6-15(14)11-16;/h3-11,13H,12H2,1-2H3;1H. The zero-order valence-corrected chi connectivity index (χ0v) is 15.0. The van der Waals surface area contributed by atoms with Gasteiger partial charge in [0.15, 0.2) is 0 Å². The maximum absolute atomic E-state index is 4.16. The van der Waals surface area contributed by atoms with Crippen LogP contribution in [0, 0.1) is 0 Å². The topological polar surface area (TPSA) is 17.8 Å². The van der Waals surface area contributed by atoms with Crippen molar-refractivity contribution in [3.8, 4) is 0 Å². The molecule has 0 aliphatic rings. The number of hydrogen-bond donors (Lipinski definition) is 0. The minimum absolute atomic E-state index is 0. The van der Waals surface area contributed by atoms with Crippen molar-refractivity contribution in [1.29, 1.82) is 0 Å². The highest BCUT2D eigenvalue weighted by Gasteiger charge is 2.31. The third-order valence-electron chi connectivity index (χ3n) is 3.80. The van der Waals surface area contributed by atoms with E-state index in [9.17, 15) is 0 Å². The molecule has 0 radical (unpaired) electrons. The summed E-state index contributed by atoms with van der Waals surface area (Å²) >= 11 is 3.78. The number of thioether (sulfide) groups is 2. The molecule has 0 amide bonds. The smallest absolute Gasteiger partial charge is 0.103 e. The molecule has 22 heavy (non-hydrogen) atoms. The van der Waals surface area contributed by atoms with Crippen LogP contribution in [0.15, 0.2) is 61.2 Å². The van der Waals surface area contributed by atoms with Crippen LogP contribution in [0.5, 0.6) is 0 Å². The molecule has 2 nitrogen and oxygen atoms in total. The Balaban J connectivity index is 0.00000176. The Hall–Kier alpha value is -1.10. The molecule has 116 valence electrons. The lowest BCUT2D eigenvalue weighted by molar-refractivity contribution is 0.651. The average molecular weight is 351 g/mol. The number of hydrogen-bond acceptors (Lipinski definition) is 3. The first-order chi connectivity index (χ1) is 10.3. The van der Waals surface area contributed by atoms with Gasteiger partial charge >= 0.3 is 0 Å². The van der Waals surface area contributed by atoms with Gasteiger partial charge in [-0.2, -0.15) is 0 Å². The Labute approximate surface area is 146 Å². The molecule has 1 aromatic heterocycles. The van der Waals surface area contributed by atoms with Gasteiger partial charge < -0.3 is 4.57 Å². The summed E-state index contributed by atoms with van der Waals surface area (Å²) in [5, 5.41) is 2.59. The Morgan fingerprint density at radius 1 is 1.05 bits per heavy atom. The monoisotopic (exact) mass is 350 g/mol. The van der Waals surface area contributed by atoms with Gasteiger partial charge in [0, 0.05) is 12.4 Å². The number of nitrogens with zero attached hydrogens (tertiary/aromatic N) is 2. The first-order valence-electron chi connectivity index (χ1n) is 6.83. The first kappa shape index (κ1) is 17.3. The largest absolute Gasteiger partial charge is 0.335 e. The minimum Gasteiger partial charge on any atom is -0.335 e. The summed E-state index contributed by atoms with van der Waals surface area (Å²) < 4.78 is 2.16. The van der Waals surface area contributed by atoms with Crippen molar-refractivity contribution in [2.24, 2.45) is 0 Å². The lowest BCUT2D eigenvalue weighted by Crippen LogP contribution is -2.23. The highest BCUT2D eigenvalue weighted by atomic mass is 35.5. The maximum atomic E-state index is 4.16. The molecule has 0 bridgehead atoms. The molecule has 0 fully saturated rings. The maximum Gasteiger partial charge on any atom is 0.103 e. The molecule has 3 aromatic rings. The summed E-state index contributed by atoms with van der Waals surface area (Å²) in [5.74, 6) is 0. The van der Waals surface area contributed by atoms with Gasteiger partial charge in [0.2, 0.25) is 0 Å². The molecule has 1 heterocycles. The Kier molecular flexibility index (Phi) is 5.84. The van der Waals surface area contributed by atoms with Gasteiger partial charge in [0.25, 0.3) is 0 Å². The van der Waals surface area contributed by atoms with Gasteiger partial charge in [-0.3, -0.25) is 0 Å². The van der Waals surface area contributed by atoms with Crippen molar-refractivity contribution in [3.63, 3.8) is 0 Å². The molecule has 0 saturated heterocycles. The van der Waals surface area contributed by atoms with Crippen LogP contribution in [0.2, 0.25) is 0 Å². The van der Waals surface area contributed by atoms with Crippen LogP contribution < -0.4 is 0 Å². The summed E-state index contributed by atoms with van der Waals surface area (Å²) in [6.07, 6.45) is 10.1. The SMILES string of the molecule is CSC(Cn1ccnc1)(SC)c1ccc2ccccc2c1.Cl. The number of imidazole rings is 1.